The minimum absolute atomic E-state index is 0. The largest absolute Gasteiger partial charge is 1.00 e. The van der Waals surface area contributed by atoms with Crippen LogP contribution in [0, 0.1) is 0 Å². The third-order valence-electron chi connectivity index (χ3n) is 3.57. The van der Waals surface area contributed by atoms with E-state index in [1.807, 2.05) is 25.7 Å². The summed E-state index contributed by atoms with van der Waals surface area (Å²) in [6, 6.07) is 0.0193. The third-order valence-corrected chi connectivity index (χ3v) is 3.57. The number of carbonyl (C=O) groups excluding carboxylic acids is 1. The van der Waals surface area contributed by atoms with E-state index in [2.05, 4.69) is 9.97 Å². The first-order valence-electron chi connectivity index (χ1n) is 7.43. The number of rotatable bonds is 3. The van der Waals surface area contributed by atoms with Crippen molar-refractivity contribution >= 4 is 17.9 Å². The maximum Gasteiger partial charge on any atom is 1.00 e. The van der Waals surface area contributed by atoms with Crippen molar-refractivity contribution in [3.63, 3.8) is 0 Å². The van der Waals surface area contributed by atoms with Crippen molar-refractivity contribution in [2.24, 2.45) is 0 Å². The fourth-order valence-corrected chi connectivity index (χ4v) is 2.34. The zero-order valence-corrected chi connectivity index (χ0v) is 14.8. The monoisotopic (exact) mass is 330 g/mol. The molecule has 0 radical (unpaired) electrons. The molecular formula is C15H23LiN4O4. The SMILES string of the molecule is CN(C(=O)OC(C)(C)C)C1CCN(c2cnc(C(=O)O)cn2)C1.[H-].[Li+]. The molecule has 128 valence electrons. The van der Waals surface area contributed by atoms with Gasteiger partial charge in [0.2, 0.25) is 0 Å². The number of amides is 1. The molecular weight excluding hydrogens is 307 g/mol. The average Bonchev–Trinajstić information content (AvgIpc) is 2.94. The second kappa shape index (κ2) is 7.86. The number of ether oxygens (including phenoxy) is 1. The van der Waals surface area contributed by atoms with Crippen molar-refractivity contribution in [1.82, 2.24) is 14.9 Å². The van der Waals surface area contributed by atoms with E-state index >= 15 is 0 Å². The van der Waals surface area contributed by atoms with E-state index in [4.69, 9.17) is 9.84 Å². The Morgan fingerprint density at radius 3 is 2.54 bits per heavy atom. The Hall–Kier alpha value is -1.78. The summed E-state index contributed by atoms with van der Waals surface area (Å²) in [4.78, 5) is 34.5. The maximum atomic E-state index is 12.1. The number of aromatic nitrogens is 2. The molecule has 1 saturated heterocycles. The van der Waals surface area contributed by atoms with E-state index in [1.165, 1.54) is 12.4 Å². The van der Waals surface area contributed by atoms with Crippen LogP contribution in [0.1, 0.15) is 39.1 Å². The second-order valence-corrected chi connectivity index (χ2v) is 6.54. The van der Waals surface area contributed by atoms with Gasteiger partial charge in [0.15, 0.2) is 5.69 Å². The summed E-state index contributed by atoms with van der Waals surface area (Å²) in [6.07, 6.45) is 3.12. The van der Waals surface area contributed by atoms with E-state index < -0.39 is 11.6 Å². The fraction of sp³-hybridized carbons (Fsp3) is 0.600. The van der Waals surface area contributed by atoms with E-state index in [1.54, 1.807) is 11.9 Å². The quantitative estimate of drug-likeness (QED) is 0.691. The minimum atomic E-state index is -1.10. The first-order chi connectivity index (χ1) is 10.7. The van der Waals surface area contributed by atoms with Crippen LogP contribution >= 0.6 is 0 Å². The van der Waals surface area contributed by atoms with E-state index in [0.29, 0.717) is 12.4 Å². The van der Waals surface area contributed by atoms with Crippen LogP contribution in [0.3, 0.4) is 0 Å². The van der Waals surface area contributed by atoms with Gasteiger partial charge >= 0.3 is 30.9 Å². The summed E-state index contributed by atoms with van der Waals surface area (Å²) in [5, 5.41) is 8.84. The van der Waals surface area contributed by atoms with Crippen LogP contribution in [0.25, 0.3) is 0 Å². The maximum absolute atomic E-state index is 12.1. The zero-order valence-electron chi connectivity index (χ0n) is 15.8. The molecule has 9 heteroatoms. The number of carbonyl (C=O) groups is 2. The van der Waals surface area contributed by atoms with Gasteiger partial charge in [-0.15, -0.1) is 0 Å². The molecule has 0 bridgehead atoms. The Bertz CT molecular complexity index is 594. The van der Waals surface area contributed by atoms with Crippen molar-refractivity contribution in [3.8, 4) is 0 Å². The number of anilines is 1. The number of carboxylic acid groups (broad SMARTS) is 1. The molecule has 8 nitrogen and oxygen atoms in total. The molecule has 0 aliphatic carbocycles. The van der Waals surface area contributed by atoms with Gasteiger partial charge in [0.05, 0.1) is 18.4 Å². The van der Waals surface area contributed by atoms with Gasteiger partial charge in [0.25, 0.3) is 0 Å². The molecule has 1 aromatic rings. The standard InChI is InChI=1S/C15H22N4O4.Li.H/c1-15(2,3)23-14(22)18(4)10-5-6-19(9-10)12-8-16-11(7-17-12)13(20)21;;/h7-8,10H,5-6,9H2,1-4H3,(H,20,21);;/q;+1;-1. The number of likely N-dealkylation sites (N-methyl/N-ethyl adjacent to an activating group) is 1. The van der Waals surface area contributed by atoms with Crippen molar-refractivity contribution in [2.45, 2.75) is 38.8 Å². The van der Waals surface area contributed by atoms with Crippen molar-refractivity contribution in [1.29, 1.82) is 0 Å². The summed E-state index contributed by atoms with van der Waals surface area (Å²) in [5.41, 5.74) is -0.614. The first kappa shape index (κ1) is 20.3. The Morgan fingerprint density at radius 1 is 1.38 bits per heavy atom. The van der Waals surface area contributed by atoms with Crippen LogP contribution in [0.4, 0.5) is 10.6 Å². The minimum Gasteiger partial charge on any atom is -1.00 e. The predicted octanol–water partition coefficient (Wildman–Crippen LogP) is -1.26. The van der Waals surface area contributed by atoms with Gasteiger partial charge in [0, 0.05) is 20.1 Å². The molecule has 2 rings (SSSR count). The van der Waals surface area contributed by atoms with Gasteiger partial charge in [-0.3, -0.25) is 0 Å². The summed E-state index contributed by atoms with van der Waals surface area (Å²) in [5.74, 6) is -0.497. The van der Waals surface area contributed by atoms with E-state index in [-0.39, 0.29) is 38.1 Å². The number of hydrogen-bond donors (Lipinski definition) is 1. The van der Waals surface area contributed by atoms with Gasteiger partial charge in [-0.2, -0.15) is 0 Å². The summed E-state index contributed by atoms with van der Waals surface area (Å²) >= 11 is 0. The Morgan fingerprint density at radius 2 is 2.04 bits per heavy atom. The van der Waals surface area contributed by atoms with Gasteiger partial charge in [-0.1, -0.05) is 0 Å². The molecule has 24 heavy (non-hydrogen) atoms. The van der Waals surface area contributed by atoms with Gasteiger partial charge in [-0.05, 0) is 27.2 Å². The molecule has 1 aliphatic rings. The number of nitrogens with zero attached hydrogens (tertiary/aromatic N) is 4. The zero-order chi connectivity index (χ0) is 17.2. The van der Waals surface area contributed by atoms with Crippen LogP contribution in [0.2, 0.25) is 0 Å². The molecule has 1 atom stereocenters. The van der Waals surface area contributed by atoms with Crippen LogP contribution in [0.15, 0.2) is 12.4 Å². The Kier molecular flexibility index (Phi) is 6.64. The Labute approximate surface area is 154 Å². The molecule has 1 N–H and O–H groups in total. The third kappa shape index (κ3) is 5.11. The Balaban J connectivity index is 0.00000288. The molecule has 1 aliphatic heterocycles. The molecule has 1 unspecified atom stereocenters. The van der Waals surface area contributed by atoms with Crippen LogP contribution in [-0.4, -0.2) is 63.8 Å². The molecule has 1 fully saturated rings. The number of hydrogen-bond acceptors (Lipinski definition) is 6. The molecule has 0 spiro atoms. The molecule has 0 aromatic carbocycles. The summed E-state index contributed by atoms with van der Waals surface area (Å²) in [6.45, 7) is 6.83. The number of aromatic carboxylic acids is 1. The number of carboxylic acids is 1. The van der Waals surface area contributed by atoms with Gasteiger partial charge in [-0.25, -0.2) is 19.6 Å². The predicted molar refractivity (Wildman–Crippen MR) is 84.7 cm³/mol. The van der Waals surface area contributed by atoms with E-state index in [0.717, 1.165) is 13.0 Å². The van der Waals surface area contributed by atoms with Gasteiger partial charge < -0.3 is 21.1 Å². The van der Waals surface area contributed by atoms with Crippen LogP contribution in [0.5, 0.6) is 0 Å². The normalized spacial score (nSPS) is 17.2. The smallest absolute Gasteiger partial charge is 1.00 e. The second-order valence-electron chi connectivity index (χ2n) is 6.54. The van der Waals surface area contributed by atoms with Crippen LogP contribution < -0.4 is 23.8 Å². The molecule has 1 aromatic heterocycles. The summed E-state index contributed by atoms with van der Waals surface area (Å²) < 4.78 is 5.37. The van der Waals surface area contributed by atoms with Crippen molar-refractivity contribution in [2.75, 3.05) is 25.0 Å². The summed E-state index contributed by atoms with van der Waals surface area (Å²) in [7, 11) is 1.72. The van der Waals surface area contributed by atoms with E-state index in [9.17, 15) is 9.59 Å². The first-order valence-corrected chi connectivity index (χ1v) is 7.43. The molecule has 1 amide bonds. The van der Waals surface area contributed by atoms with Crippen molar-refractivity contribution < 1.29 is 39.7 Å². The molecule has 2 heterocycles. The van der Waals surface area contributed by atoms with Crippen molar-refractivity contribution in [3.05, 3.63) is 18.1 Å². The average molecular weight is 330 g/mol. The fourth-order valence-electron chi connectivity index (χ4n) is 2.34. The van der Waals surface area contributed by atoms with Crippen LogP contribution in [-0.2, 0) is 4.74 Å². The topological polar surface area (TPSA) is 95.9 Å². The molecule has 0 saturated carbocycles. The van der Waals surface area contributed by atoms with Gasteiger partial charge in [0.1, 0.15) is 11.4 Å².